The quantitative estimate of drug-likeness (QED) is 0.866. The van der Waals surface area contributed by atoms with Crippen LogP contribution in [0.3, 0.4) is 0 Å². The number of nitrogens with zero attached hydrogens (tertiary/aromatic N) is 2. The number of nitrogens with one attached hydrogen (secondary N) is 2. The Morgan fingerprint density at radius 1 is 1.40 bits per heavy atom. The van der Waals surface area contributed by atoms with Crippen molar-refractivity contribution in [1.29, 1.82) is 0 Å². The van der Waals surface area contributed by atoms with Gasteiger partial charge in [-0.3, -0.25) is 4.79 Å². The van der Waals surface area contributed by atoms with Crippen LogP contribution in [0.2, 0.25) is 0 Å². The molecule has 6 nitrogen and oxygen atoms in total. The second-order valence-electron chi connectivity index (χ2n) is 4.90. The van der Waals surface area contributed by atoms with E-state index < -0.39 is 0 Å². The number of hydrogen-bond donors (Lipinski definition) is 2. The van der Waals surface area contributed by atoms with Gasteiger partial charge in [0.2, 0.25) is 5.91 Å². The summed E-state index contributed by atoms with van der Waals surface area (Å²) in [6, 6.07) is 7.90. The van der Waals surface area contributed by atoms with E-state index in [0.717, 1.165) is 18.4 Å². The SMILES string of the molecule is Cc1noc(-c2ccccc2NC(=O)CNC2CC2)n1. The van der Waals surface area contributed by atoms with Gasteiger partial charge < -0.3 is 15.2 Å². The van der Waals surface area contributed by atoms with Crippen molar-refractivity contribution in [3.63, 3.8) is 0 Å². The maximum Gasteiger partial charge on any atom is 0.260 e. The van der Waals surface area contributed by atoms with Gasteiger partial charge in [-0.15, -0.1) is 0 Å². The molecule has 1 saturated carbocycles. The lowest BCUT2D eigenvalue weighted by Gasteiger charge is -2.08. The Kier molecular flexibility index (Phi) is 3.47. The van der Waals surface area contributed by atoms with Gasteiger partial charge in [0.15, 0.2) is 5.82 Å². The molecule has 1 aliphatic carbocycles. The van der Waals surface area contributed by atoms with Crippen LogP contribution in [0, 0.1) is 6.92 Å². The molecule has 0 radical (unpaired) electrons. The van der Waals surface area contributed by atoms with Gasteiger partial charge in [0.05, 0.1) is 17.8 Å². The zero-order chi connectivity index (χ0) is 13.9. The molecule has 3 rings (SSSR count). The normalized spacial score (nSPS) is 14.2. The van der Waals surface area contributed by atoms with Crippen molar-refractivity contribution in [2.24, 2.45) is 0 Å². The van der Waals surface area contributed by atoms with Crippen LogP contribution in [-0.2, 0) is 4.79 Å². The molecule has 0 saturated heterocycles. The minimum absolute atomic E-state index is 0.0689. The summed E-state index contributed by atoms with van der Waals surface area (Å²) in [4.78, 5) is 16.1. The zero-order valence-corrected chi connectivity index (χ0v) is 11.2. The molecule has 1 aromatic heterocycles. The summed E-state index contributed by atoms with van der Waals surface area (Å²) >= 11 is 0. The van der Waals surface area contributed by atoms with Crippen LogP contribution in [0.1, 0.15) is 18.7 Å². The number of aryl methyl sites for hydroxylation is 1. The van der Waals surface area contributed by atoms with E-state index in [1.54, 1.807) is 6.92 Å². The third-order valence-corrected chi connectivity index (χ3v) is 3.09. The van der Waals surface area contributed by atoms with Crippen molar-refractivity contribution in [3.8, 4) is 11.5 Å². The molecule has 1 fully saturated rings. The number of carbonyl (C=O) groups excluding carboxylic acids is 1. The molecule has 2 aromatic rings. The highest BCUT2D eigenvalue weighted by molar-refractivity contribution is 5.95. The van der Waals surface area contributed by atoms with Gasteiger partial charge in [-0.25, -0.2) is 0 Å². The van der Waals surface area contributed by atoms with Crippen molar-refractivity contribution < 1.29 is 9.32 Å². The molecular formula is C14H16N4O2. The fourth-order valence-corrected chi connectivity index (χ4v) is 1.90. The standard InChI is InChI=1S/C14H16N4O2/c1-9-16-14(20-18-9)11-4-2-3-5-12(11)17-13(19)8-15-10-6-7-10/h2-5,10,15H,6-8H2,1H3,(H,17,19). The minimum Gasteiger partial charge on any atom is -0.334 e. The Balaban J connectivity index is 1.73. The Morgan fingerprint density at radius 3 is 2.90 bits per heavy atom. The molecule has 0 atom stereocenters. The van der Waals surface area contributed by atoms with Crippen molar-refractivity contribution in [1.82, 2.24) is 15.5 Å². The summed E-state index contributed by atoms with van der Waals surface area (Å²) in [6.45, 7) is 2.08. The first-order chi connectivity index (χ1) is 9.72. The molecule has 1 amide bonds. The Morgan fingerprint density at radius 2 is 2.20 bits per heavy atom. The molecule has 0 spiro atoms. The Labute approximate surface area is 116 Å². The van der Waals surface area contributed by atoms with E-state index in [2.05, 4.69) is 20.8 Å². The largest absolute Gasteiger partial charge is 0.334 e. The van der Waals surface area contributed by atoms with Crippen molar-refractivity contribution in [3.05, 3.63) is 30.1 Å². The third-order valence-electron chi connectivity index (χ3n) is 3.09. The predicted molar refractivity (Wildman–Crippen MR) is 74.1 cm³/mol. The van der Waals surface area contributed by atoms with Gasteiger partial charge in [0, 0.05) is 6.04 Å². The average molecular weight is 272 g/mol. The monoisotopic (exact) mass is 272 g/mol. The van der Waals surface area contributed by atoms with E-state index in [1.165, 1.54) is 0 Å². The lowest BCUT2D eigenvalue weighted by Crippen LogP contribution is -2.29. The molecule has 1 heterocycles. The first-order valence-corrected chi connectivity index (χ1v) is 6.65. The van der Waals surface area contributed by atoms with Crippen LogP contribution in [0.5, 0.6) is 0 Å². The molecule has 2 N–H and O–H groups in total. The second kappa shape index (κ2) is 5.42. The summed E-state index contributed by atoms with van der Waals surface area (Å²) in [5.41, 5.74) is 1.41. The van der Waals surface area contributed by atoms with Crippen molar-refractivity contribution >= 4 is 11.6 Å². The van der Waals surface area contributed by atoms with Gasteiger partial charge in [0.1, 0.15) is 0 Å². The second-order valence-corrected chi connectivity index (χ2v) is 4.90. The summed E-state index contributed by atoms with van der Waals surface area (Å²) in [5, 5.41) is 9.82. The smallest absolute Gasteiger partial charge is 0.260 e. The Bertz CT molecular complexity index is 619. The third kappa shape index (κ3) is 3.03. The maximum atomic E-state index is 11.9. The number of hydrogen-bond acceptors (Lipinski definition) is 5. The topological polar surface area (TPSA) is 80.0 Å². The number of rotatable bonds is 5. The van der Waals surface area contributed by atoms with E-state index in [9.17, 15) is 4.79 Å². The summed E-state index contributed by atoms with van der Waals surface area (Å²) in [6.07, 6.45) is 2.32. The molecular weight excluding hydrogens is 256 g/mol. The fraction of sp³-hybridized carbons (Fsp3) is 0.357. The van der Waals surface area contributed by atoms with Gasteiger partial charge >= 0.3 is 0 Å². The number of aromatic nitrogens is 2. The van der Waals surface area contributed by atoms with Crippen LogP contribution < -0.4 is 10.6 Å². The molecule has 0 aliphatic heterocycles. The number of carbonyl (C=O) groups is 1. The first kappa shape index (κ1) is 12.8. The fourth-order valence-electron chi connectivity index (χ4n) is 1.90. The average Bonchev–Trinajstić information content (AvgIpc) is 3.18. The van der Waals surface area contributed by atoms with Crippen molar-refractivity contribution in [2.45, 2.75) is 25.8 Å². The molecule has 1 aromatic carbocycles. The van der Waals surface area contributed by atoms with Crippen LogP contribution in [0.15, 0.2) is 28.8 Å². The highest BCUT2D eigenvalue weighted by Gasteiger charge is 2.21. The number of para-hydroxylation sites is 1. The van der Waals surface area contributed by atoms with E-state index in [4.69, 9.17) is 4.52 Å². The summed E-state index contributed by atoms with van der Waals surface area (Å²) < 4.78 is 5.15. The molecule has 1 aliphatic rings. The van der Waals surface area contributed by atoms with E-state index >= 15 is 0 Å². The van der Waals surface area contributed by atoms with Crippen LogP contribution in [0.4, 0.5) is 5.69 Å². The minimum atomic E-state index is -0.0689. The number of anilines is 1. The van der Waals surface area contributed by atoms with Crippen molar-refractivity contribution in [2.75, 3.05) is 11.9 Å². The lowest BCUT2D eigenvalue weighted by atomic mass is 10.1. The van der Waals surface area contributed by atoms with Crippen LogP contribution in [0.25, 0.3) is 11.5 Å². The maximum absolute atomic E-state index is 11.9. The number of benzene rings is 1. The number of amides is 1. The van der Waals surface area contributed by atoms with E-state index in [-0.39, 0.29) is 5.91 Å². The highest BCUT2D eigenvalue weighted by Crippen LogP contribution is 2.26. The first-order valence-electron chi connectivity index (χ1n) is 6.65. The summed E-state index contributed by atoms with van der Waals surface area (Å²) in [7, 11) is 0. The van der Waals surface area contributed by atoms with Crippen LogP contribution in [-0.4, -0.2) is 28.6 Å². The van der Waals surface area contributed by atoms with E-state index in [0.29, 0.717) is 30.0 Å². The zero-order valence-electron chi connectivity index (χ0n) is 11.2. The molecule has 0 bridgehead atoms. The summed E-state index contributed by atoms with van der Waals surface area (Å²) in [5.74, 6) is 0.908. The van der Waals surface area contributed by atoms with Gasteiger partial charge in [0.25, 0.3) is 5.89 Å². The molecule has 6 heteroatoms. The molecule has 104 valence electrons. The van der Waals surface area contributed by atoms with Crippen LogP contribution >= 0.6 is 0 Å². The predicted octanol–water partition coefficient (Wildman–Crippen LogP) is 1.74. The van der Waals surface area contributed by atoms with E-state index in [1.807, 2.05) is 24.3 Å². The highest BCUT2D eigenvalue weighted by atomic mass is 16.5. The van der Waals surface area contributed by atoms with Gasteiger partial charge in [-0.1, -0.05) is 17.3 Å². The van der Waals surface area contributed by atoms with Gasteiger partial charge in [-0.2, -0.15) is 4.98 Å². The molecule has 0 unspecified atom stereocenters. The molecule has 20 heavy (non-hydrogen) atoms. The lowest BCUT2D eigenvalue weighted by molar-refractivity contribution is -0.115. The Hall–Kier alpha value is -2.21. The van der Waals surface area contributed by atoms with Gasteiger partial charge in [-0.05, 0) is 31.9 Å².